The molecule has 0 atom stereocenters. The van der Waals surface area contributed by atoms with Crippen molar-refractivity contribution in [3.8, 4) is 0 Å². The largest absolute Gasteiger partial charge is 0.287 e. The van der Waals surface area contributed by atoms with Gasteiger partial charge >= 0.3 is 0 Å². The molecule has 86 valence electrons. The van der Waals surface area contributed by atoms with Crippen molar-refractivity contribution in [1.29, 1.82) is 0 Å². The van der Waals surface area contributed by atoms with Crippen LogP contribution in [0.15, 0.2) is 0 Å². The van der Waals surface area contributed by atoms with Gasteiger partial charge in [-0.3, -0.25) is 14.4 Å². The second-order valence-corrected chi connectivity index (χ2v) is 6.36. The summed E-state index contributed by atoms with van der Waals surface area (Å²) in [6.07, 6.45) is 0. The Hall–Kier alpha value is 0.750. The van der Waals surface area contributed by atoms with Crippen LogP contribution in [0, 0.1) is 0 Å². The Morgan fingerprint density at radius 1 is 0.867 bits per heavy atom. The lowest BCUT2D eigenvalue weighted by Gasteiger charge is -2.14. The standard InChI is InChI=1S/C6H2Cl6O3/c7-1-5(8,9)3(14)2(13)4(15)6(10,11)12/h1H2. The van der Waals surface area contributed by atoms with E-state index in [9.17, 15) is 14.4 Å². The Balaban J connectivity index is 4.91. The first kappa shape index (κ1) is 15.8. The van der Waals surface area contributed by atoms with E-state index in [1.54, 1.807) is 0 Å². The number of hydrogen-bond donors (Lipinski definition) is 0. The maximum atomic E-state index is 11.2. The van der Waals surface area contributed by atoms with E-state index in [2.05, 4.69) is 0 Å². The van der Waals surface area contributed by atoms with Gasteiger partial charge in [0.1, 0.15) is 0 Å². The van der Waals surface area contributed by atoms with Crippen LogP contribution >= 0.6 is 69.6 Å². The summed E-state index contributed by atoms with van der Waals surface area (Å²) in [5.74, 6) is -5.15. The molecule has 0 fully saturated rings. The van der Waals surface area contributed by atoms with Gasteiger partial charge in [0.05, 0.1) is 5.88 Å². The van der Waals surface area contributed by atoms with E-state index in [1.165, 1.54) is 0 Å². The lowest BCUT2D eigenvalue weighted by molar-refractivity contribution is -0.143. The van der Waals surface area contributed by atoms with Gasteiger partial charge in [0.15, 0.2) is 4.33 Å². The molecule has 0 heterocycles. The Kier molecular flexibility index (Phi) is 5.66. The minimum Gasteiger partial charge on any atom is -0.287 e. The fourth-order valence-electron chi connectivity index (χ4n) is 0.459. The molecule has 0 rings (SSSR count). The minimum absolute atomic E-state index is 0.576. The molecule has 0 aromatic heterocycles. The van der Waals surface area contributed by atoms with Gasteiger partial charge < -0.3 is 0 Å². The molecule has 0 aliphatic rings. The smallest absolute Gasteiger partial charge is 0.271 e. The summed E-state index contributed by atoms with van der Waals surface area (Å²) in [6.45, 7) is 0. The van der Waals surface area contributed by atoms with Gasteiger partial charge in [0.25, 0.3) is 15.4 Å². The van der Waals surface area contributed by atoms with Crippen LogP contribution in [0.5, 0.6) is 0 Å². The molecule has 0 saturated carbocycles. The van der Waals surface area contributed by atoms with Crippen molar-refractivity contribution in [3.63, 3.8) is 0 Å². The number of Topliss-reactive ketones (excluding diaryl/α,β-unsaturated/α-hetero) is 3. The van der Waals surface area contributed by atoms with Gasteiger partial charge in [-0.15, -0.1) is 11.6 Å². The summed E-state index contributed by atoms with van der Waals surface area (Å²) in [5.41, 5.74) is 0. The number of halogens is 6. The summed E-state index contributed by atoms with van der Waals surface area (Å²) >= 11 is 31.2. The van der Waals surface area contributed by atoms with Crippen LogP contribution in [0.2, 0.25) is 0 Å². The van der Waals surface area contributed by atoms with E-state index < -0.39 is 31.4 Å². The number of hydrogen-bond acceptors (Lipinski definition) is 3. The summed E-state index contributed by atoms with van der Waals surface area (Å²) in [7, 11) is 0. The lowest BCUT2D eigenvalue weighted by Crippen LogP contribution is -2.42. The zero-order valence-corrected chi connectivity index (χ0v) is 11.2. The van der Waals surface area contributed by atoms with Crippen LogP contribution in [0.4, 0.5) is 0 Å². The fraction of sp³-hybridized carbons (Fsp3) is 0.500. The number of ketones is 3. The average molecular weight is 335 g/mol. The van der Waals surface area contributed by atoms with E-state index in [1.807, 2.05) is 0 Å². The molecule has 3 nitrogen and oxygen atoms in total. The molecule has 0 aliphatic heterocycles. The van der Waals surface area contributed by atoms with Gasteiger partial charge in [-0.2, -0.15) is 0 Å². The molecule has 0 N–H and O–H groups in total. The van der Waals surface area contributed by atoms with Crippen molar-refractivity contribution in [1.82, 2.24) is 0 Å². The summed E-state index contributed by atoms with van der Waals surface area (Å²) in [6, 6.07) is 0. The van der Waals surface area contributed by atoms with Crippen LogP contribution in [0.3, 0.4) is 0 Å². The van der Waals surface area contributed by atoms with Crippen molar-refractivity contribution < 1.29 is 14.4 Å². The molecule has 0 aromatic carbocycles. The van der Waals surface area contributed by atoms with Crippen LogP contribution in [0.25, 0.3) is 0 Å². The molecular weight excluding hydrogens is 333 g/mol. The van der Waals surface area contributed by atoms with Crippen molar-refractivity contribution >= 4 is 87.0 Å². The highest BCUT2D eigenvalue weighted by atomic mass is 35.6. The zero-order valence-electron chi connectivity index (χ0n) is 6.70. The van der Waals surface area contributed by atoms with E-state index in [0.29, 0.717) is 0 Å². The Morgan fingerprint density at radius 3 is 1.53 bits per heavy atom. The second-order valence-electron chi connectivity index (χ2n) is 2.32. The number of alkyl halides is 6. The molecule has 0 spiro atoms. The fourth-order valence-corrected chi connectivity index (χ4v) is 1.01. The molecule has 9 heteroatoms. The summed E-state index contributed by atoms with van der Waals surface area (Å²) in [5, 5.41) is 0. The first-order valence-corrected chi connectivity index (χ1v) is 5.60. The predicted octanol–water partition coefficient (Wildman–Crippen LogP) is 2.48. The molecular formula is C6H2Cl6O3. The summed E-state index contributed by atoms with van der Waals surface area (Å²) in [4.78, 5) is 33.3. The highest BCUT2D eigenvalue weighted by molar-refractivity contribution is 6.89. The third-order valence-electron chi connectivity index (χ3n) is 1.17. The quantitative estimate of drug-likeness (QED) is 0.451. The Morgan fingerprint density at radius 2 is 1.27 bits per heavy atom. The van der Waals surface area contributed by atoms with Crippen LogP contribution in [-0.4, -0.2) is 31.4 Å². The second kappa shape index (κ2) is 5.39. The van der Waals surface area contributed by atoms with Gasteiger partial charge in [0, 0.05) is 0 Å². The van der Waals surface area contributed by atoms with Crippen LogP contribution in [0.1, 0.15) is 0 Å². The van der Waals surface area contributed by atoms with Crippen molar-refractivity contribution in [2.75, 3.05) is 5.88 Å². The number of carbonyl (C=O) groups is 3. The first-order valence-electron chi connectivity index (χ1n) is 3.18. The first-order chi connectivity index (χ1) is 6.54. The van der Waals surface area contributed by atoms with E-state index in [0.717, 1.165) is 0 Å². The molecule has 0 radical (unpaired) electrons. The minimum atomic E-state index is -2.52. The van der Waals surface area contributed by atoms with E-state index >= 15 is 0 Å². The van der Waals surface area contributed by atoms with E-state index in [4.69, 9.17) is 69.6 Å². The van der Waals surface area contributed by atoms with Crippen LogP contribution in [-0.2, 0) is 14.4 Å². The number of rotatable bonds is 4. The number of carbonyl (C=O) groups excluding carboxylic acids is 3. The van der Waals surface area contributed by atoms with Gasteiger partial charge in [-0.05, 0) is 0 Å². The zero-order chi connectivity index (χ0) is 12.4. The van der Waals surface area contributed by atoms with Crippen molar-refractivity contribution in [2.24, 2.45) is 0 Å². The molecule has 0 amide bonds. The third-order valence-corrected chi connectivity index (χ3v) is 2.97. The molecule has 0 bridgehead atoms. The molecule has 0 aromatic rings. The third kappa shape index (κ3) is 4.25. The SMILES string of the molecule is O=C(C(=O)C(Cl)(Cl)Cl)C(=O)C(Cl)(Cl)CCl. The van der Waals surface area contributed by atoms with Gasteiger partial charge in [-0.1, -0.05) is 58.0 Å². The Bertz CT molecular complexity index is 304. The lowest BCUT2D eigenvalue weighted by atomic mass is 10.1. The van der Waals surface area contributed by atoms with Gasteiger partial charge in [-0.25, -0.2) is 0 Å². The molecule has 15 heavy (non-hydrogen) atoms. The molecule has 0 saturated heterocycles. The van der Waals surface area contributed by atoms with Crippen molar-refractivity contribution in [3.05, 3.63) is 0 Å². The van der Waals surface area contributed by atoms with E-state index in [-0.39, 0.29) is 0 Å². The van der Waals surface area contributed by atoms with Gasteiger partial charge in [0.2, 0.25) is 5.78 Å². The maximum Gasteiger partial charge on any atom is 0.271 e. The Labute approximate surface area is 115 Å². The highest BCUT2D eigenvalue weighted by Crippen LogP contribution is 2.30. The average Bonchev–Trinajstić information content (AvgIpc) is 2.12. The molecule has 0 unspecified atom stereocenters. The maximum absolute atomic E-state index is 11.2. The van der Waals surface area contributed by atoms with Crippen molar-refractivity contribution in [2.45, 2.75) is 8.13 Å². The summed E-state index contributed by atoms with van der Waals surface area (Å²) < 4.78 is -4.73. The molecule has 0 aliphatic carbocycles. The topological polar surface area (TPSA) is 51.2 Å². The predicted molar refractivity (Wildman–Crippen MR) is 60.5 cm³/mol. The highest BCUT2D eigenvalue weighted by Gasteiger charge is 2.46. The monoisotopic (exact) mass is 332 g/mol. The normalized spacial score (nSPS) is 12.4. The van der Waals surface area contributed by atoms with Crippen LogP contribution < -0.4 is 0 Å².